The minimum absolute atomic E-state index is 0.818. The fourth-order valence-corrected chi connectivity index (χ4v) is 2.39. The normalized spacial score (nSPS) is 10.9. The van der Waals surface area contributed by atoms with Gasteiger partial charge in [-0.3, -0.25) is 4.68 Å². The summed E-state index contributed by atoms with van der Waals surface area (Å²) >= 11 is 0. The lowest BCUT2D eigenvalue weighted by Gasteiger charge is -2.11. The van der Waals surface area contributed by atoms with E-state index in [0.717, 1.165) is 18.8 Å². The quantitative estimate of drug-likeness (QED) is 0.894. The molecule has 0 unspecified atom stereocenters. The van der Waals surface area contributed by atoms with Gasteiger partial charge in [-0.15, -0.1) is 0 Å². The standard InChI is InChI=1S/C15H21N3/c1-11-7-12(2)15(13(3)8-11)10-18-6-5-14(17-18)9-16-4/h5-8,16H,9-10H2,1-4H3. The average molecular weight is 243 g/mol. The van der Waals surface area contributed by atoms with Crippen LogP contribution in [0.2, 0.25) is 0 Å². The van der Waals surface area contributed by atoms with Crippen molar-refractivity contribution in [3.05, 3.63) is 52.3 Å². The Balaban J connectivity index is 2.22. The lowest BCUT2D eigenvalue weighted by molar-refractivity contribution is 0.654. The Morgan fingerprint density at radius 1 is 1.17 bits per heavy atom. The maximum Gasteiger partial charge on any atom is 0.0762 e. The zero-order chi connectivity index (χ0) is 13.1. The van der Waals surface area contributed by atoms with Gasteiger partial charge < -0.3 is 5.32 Å². The molecule has 0 saturated heterocycles. The second-order valence-corrected chi connectivity index (χ2v) is 4.91. The second kappa shape index (κ2) is 5.36. The summed E-state index contributed by atoms with van der Waals surface area (Å²) in [4.78, 5) is 0. The molecule has 2 rings (SSSR count). The summed E-state index contributed by atoms with van der Waals surface area (Å²) < 4.78 is 2.01. The largest absolute Gasteiger partial charge is 0.314 e. The maximum absolute atomic E-state index is 4.55. The summed E-state index contributed by atoms with van der Waals surface area (Å²) in [7, 11) is 1.94. The first-order chi connectivity index (χ1) is 8.60. The molecule has 18 heavy (non-hydrogen) atoms. The molecule has 96 valence electrons. The number of rotatable bonds is 4. The molecule has 0 aliphatic rings. The van der Waals surface area contributed by atoms with Crippen LogP contribution in [-0.4, -0.2) is 16.8 Å². The Bertz CT molecular complexity index is 517. The highest BCUT2D eigenvalue weighted by Crippen LogP contribution is 2.17. The van der Waals surface area contributed by atoms with Crippen LogP contribution in [0.5, 0.6) is 0 Å². The zero-order valence-corrected chi connectivity index (χ0v) is 11.6. The minimum atomic E-state index is 0.818. The summed E-state index contributed by atoms with van der Waals surface area (Å²) in [5.74, 6) is 0. The molecule has 0 atom stereocenters. The first-order valence-corrected chi connectivity index (χ1v) is 6.34. The van der Waals surface area contributed by atoms with Crippen molar-refractivity contribution in [1.82, 2.24) is 15.1 Å². The Hall–Kier alpha value is -1.61. The number of benzene rings is 1. The van der Waals surface area contributed by atoms with E-state index in [9.17, 15) is 0 Å². The molecule has 0 saturated carbocycles. The molecule has 1 aromatic carbocycles. The second-order valence-electron chi connectivity index (χ2n) is 4.91. The summed E-state index contributed by atoms with van der Waals surface area (Å²) in [6.45, 7) is 8.16. The number of hydrogen-bond donors (Lipinski definition) is 1. The molecule has 0 bridgehead atoms. The monoisotopic (exact) mass is 243 g/mol. The Morgan fingerprint density at radius 3 is 2.44 bits per heavy atom. The van der Waals surface area contributed by atoms with E-state index >= 15 is 0 Å². The number of aryl methyl sites for hydroxylation is 3. The van der Waals surface area contributed by atoms with Crippen LogP contribution in [0.3, 0.4) is 0 Å². The van der Waals surface area contributed by atoms with E-state index in [-0.39, 0.29) is 0 Å². The van der Waals surface area contributed by atoms with Gasteiger partial charge in [-0.2, -0.15) is 5.10 Å². The van der Waals surface area contributed by atoms with Crippen molar-refractivity contribution < 1.29 is 0 Å². The maximum atomic E-state index is 4.55. The Morgan fingerprint density at radius 2 is 1.83 bits per heavy atom. The average Bonchev–Trinajstić information content (AvgIpc) is 2.72. The molecule has 1 aromatic heterocycles. The fraction of sp³-hybridized carbons (Fsp3) is 0.400. The molecular weight excluding hydrogens is 222 g/mol. The van der Waals surface area contributed by atoms with Gasteiger partial charge in [0.2, 0.25) is 0 Å². The van der Waals surface area contributed by atoms with Crippen LogP contribution in [0.1, 0.15) is 27.9 Å². The third-order valence-corrected chi connectivity index (χ3v) is 3.21. The van der Waals surface area contributed by atoms with Crippen molar-refractivity contribution in [2.45, 2.75) is 33.9 Å². The molecule has 2 aromatic rings. The van der Waals surface area contributed by atoms with E-state index in [1.54, 1.807) is 0 Å². The van der Waals surface area contributed by atoms with E-state index in [4.69, 9.17) is 0 Å². The zero-order valence-electron chi connectivity index (χ0n) is 11.6. The van der Waals surface area contributed by atoms with Crippen LogP contribution in [0.4, 0.5) is 0 Å². The molecule has 3 nitrogen and oxygen atoms in total. The van der Waals surface area contributed by atoms with E-state index in [2.05, 4.69) is 49.4 Å². The molecular formula is C15H21N3. The fourth-order valence-electron chi connectivity index (χ4n) is 2.39. The molecule has 0 spiro atoms. The highest BCUT2D eigenvalue weighted by molar-refractivity contribution is 5.37. The van der Waals surface area contributed by atoms with E-state index in [0.29, 0.717) is 0 Å². The van der Waals surface area contributed by atoms with Crippen molar-refractivity contribution in [3.8, 4) is 0 Å². The Labute approximate surface area is 109 Å². The summed E-state index contributed by atoms with van der Waals surface area (Å²) in [6.07, 6.45) is 2.05. The van der Waals surface area contributed by atoms with Gasteiger partial charge in [0.15, 0.2) is 0 Å². The third kappa shape index (κ3) is 2.79. The molecule has 0 amide bonds. The van der Waals surface area contributed by atoms with Crippen LogP contribution < -0.4 is 5.32 Å². The van der Waals surface area contributed by atoms with Gasteiger partial charge >= 0.3 is 0 Å². The summed E-state index contributed by atoms with van der Waals surface area (Å²) in [6, 6.07) is 6.54. The van der Waals surface area contributed by atoms with Crippen molar-refractivity contribution in [2.75, 3.05) is 7.05 Å². The van der Waals surface area contributed by atoms with Crippen LogP contribution >= 0.6 is 0 Å². The van der Waals surface area contributed by atoms with Gasteiger partial charge in [-0.05, 0) is 50.6 Å². The number of nitrogens with one attached hydrogen (secondary N) is 1. The van der Waals surface area contributed by atoms with Crippen molar-refractivity contribution in [1.29, 1.82) is 0 Å². The third-order valence-electron chi connectivity index (χ3n) is 3.21. The first kappa shape index (κ1) is 12.8. The van der Waals surface area contributed by atoms with Gasteiger partial charge in [-0.1, -0.05) is 17.7 Å². The highest BCUT2D eigenvalue weighted by Gasteiger charge is 2.06. The van der Waals surface area contributed by atoms with Gasteiger partial charge in [0.05, 0.1) is 12.2 Å². The van der Waals surface area contributed by atoms with E-state index in [1.165, 1.54) is 22.3 Å². The van der Waals surface area contributed by atoms with E-state index in [1.807, 2.05) is 17.9 Å². The molecule has 0 aliphatic carbocycles. The van der Waals surface area contributed by atoms with Crippen LogP contribution in [0, 0.1) is 20.8 Å². The van der Waals surface area contributed by atoms with Gasteiger partial charge in [0, 0.05) is 12.7 Å². The van der Waals surface area contributed by atoms with Crippen molar-refractivity contribution in [3.63, 3.8) is 0 Å². The van der Waals surface area contributed by atoms with Crippen molar-refractivity contribution >= 4 is 0 Å². The predicted octanol–water partition coefficient (Wildman–Crippen LogP) is 2.58. The van der Waals surface area contributed by atoms with Crippen LogP contribution in [-0.2, 0) is 13.1 Å². The lowest BCUT2D eigenvalue weighted by Crippen LogP contribution is -2.08. The minimum Gasteiger partial charge on any atom is -0.314 e. The highest BCUT2D eigenvalue weighted by atomic mass is 15.3. The van der Waals surface area contributed by atoms with Crippen LogP contribution in [0.15, 0.2) is 24.4 Å². The van der Waals surface area contributed by atoms with Gasteiger partial charge in [-0.25, -0.2) is 0 Å². The molecule has 0 radical (unpaired) electrons. The lowest BCUT2D eigenvalue weighted by atomic mass is 10.00. The molecule has 1 heterocycles. The molecule has 1 N–H and O–H groups in total. The topological polar surface area (TPSA) is 29.9 Å². The predicted molar refractivity (Wildman–Crippen MR) is 74.7 cm³/mol. The molecule has 0 fully saturated rings. The Kier molecular flexibility index (Phi) is 3.82. The van der Waals surface area contributed by atoms with Gasteiger partial charge in [0.1, 0.15) is 0 Å². The summed E-state index contributed by atoms with van der Waals surface area (Å²) in [5, 5.41) is 7.67. The number of aromatic nitrogens is 2. The summed E-state index contributed by atoms with van der Waals surface area (Å²) in [5.41, 5.74) is 6.47. The number of hydrogen-bond acceptors (Lipinski definition) is 2. The smallest absolute Gasteiger partial charge is 0.0762 e. The first-order valence-electron chi connectivity index (χ1n) is 6.34. The SMILES string of the molecule is CNCc1ccn(Cc2c(C)cc(C)cc2C)n1. The number of nitrogens with zero attached hydrogens (tertiary/aromatic N) is 2. The van der Waals surface area contributed by atoms with Crippen LogP contribution in [0.25, 0.3) is 0 Å². The van der Waals surface area contributed by atoms with Crippen molar-refractivity contribution in [2.24, 2.45) is 0 Å². The molecule has 0 aliphatic heterocycles. The van der Waals surface area contributed by atoms with Gasteiger partial charge in [0.25, 0.3) is 0 Å². The molecule has 3 heteroatoms. The van der Waals surface area contributed by atoms with E-state index < -0.39 is 0 Å².